The number of hydrogen-bond acceptors (Lipinski definition) is 4. The first-order valence-electron chi connectivity index (χ1n) is 6.98. The molecule has 3 rings (SSSR count). The fraction of sp³-hybridized carbons (Fsp3) is 0.571. The van der Waals surface area contributed by atoms with E-state index in [2.05, 4.69) is 5.32 Å². The van der Waals surface area contributed by atoms with Gasteiger partial charge in [-0.3, -0.25) is 5.32 Å². The van der Waals surface area contributed by atoms with Gasteiger partial charge in [-0.05, 0) is 24.6 Å². The molecule has 1 spiro atoms. The molecule has 2 saturated heterocycles. The van der Waals surface area contributed by atoms with Gasteiger partial charge in [-0.2, -0.15) is 4.31 Å². The van der Waals surface area contributed by atoms with E-state index in [4.69, 9.17) is 4.74 Å². The fourth-order valence-electron chi connectivity index (χ4n) is 2.91. The van der Waals surface area contributed by atoms with Gasteiger partial charge in [0.25, 0.3) is 0 Å². The third kappa shape index (κ3) is 2.48. The lowest BCUT2D eigenvalue weighted by atomic mass is 10.0. The van der Waals surface area contributed by atoms with Crippen LogP contribution in [0.15, 0.2) is 29.2 Å². The SMILES string of the molecule is Cc1cccc(S(=O)(=O)N2CCC3(CC2)NCCO3)c1. The summed E-state index contributed by atoms with van der Waals surface area (Å²) in [4.78, 5) is 0.383. The van der Waals surface area contributed by atoms with E-state index in [0.717, 1.165) is 12.1 Å². The summed E-state index contributed by atoms with van der Waals surface area (Å²) in [5, 5.41) is 3.35. The lowest BCUT2D eigenvalue weighted by Gasteiger charge is -2.37. The quantitative estimate of drug-likeness (QED) is 0.888. The summed E-state index contributed by atoms with van der Waals surface area (Å²) in [6.07, 6.45) is 1.41. The van der Waals surface area contributed by atoms with Crippen LogP contribution in [0.2, 0.25) is 0 Å². The molecule has 2 heterocycles. The number of ether oxygens (including phenoxy) is 1. The maximum absolute atomic E-state index is 12.6. The number of hydrogen-bond donors (Lipinski definition) is 1. The van der Waals surface area contributed by atoms with Gasteiger partial charge in [-0.25, -0.2) is 8.42 Å². The van der Waals surface area contributed by atoms with Crippen molar-refractivity contribution in [2.24, 2.45) is 0 Å². The van der Waals surface area contributed by atoms with E-state index in [1.54, 1.807) is 22.5 Å². The monoisotopic (exact) mass is 296 g/mol. The Hall–Kier alpha value is -0.950. The van der Waals surface area contributed by atoms with Crippen molar-refractivity contribution in [3.63, 3.8) is 0 Å². The Morgan fingerprint density at radius 3 is 2.65 bits per heavy atom. The molecule has 1 N–H and O–H groups in total. The van der Waals surface area contributed by atoms with E-state index in [0.29, 0.717) is 37.4 Å². The highest BCUT2D eigenvalue weighted by molar-refractivity contribution is 7.89. The average Bonchev–Trinajstić information content (AvgIpc) is 2.87. The van der Waals surface area contributed by atoms with E-state index in [1.165, 1.54) is 0 Å². The highest BCUT2D eigenvalue weighted by Crippen LogP contribution is 2.29. The molecule has 6 heteroatoms. The minimum atomic E-state index is -3.38. The van der Waals surface area contributed by atoms with Gasteiger partial charge >= 0.3 is 0 Å². The van der Waals surface area contributed by atoms with E-state index < -0.39 is 10.0 Å². The van der Waals surface area contributed by atoms with Crippen LogP contribution >= 0.6 is 0 Å². The standard InChI is InChI=1S/C14H20N2O3S/c1-12-3-2-4-13(11-12)20(17,18)16-8-5-14(6-9-16)15-7-10-19-14/h2-4,11,15H,5-10H2,1H3. The van der Waals surface area contributed by atoms with E-state index in [9.17, 15) is 8.42 Å². The van der Waals surface area contributed by atoms with Crippen LogP contribution in [0.4, 0.5) is 0 Å². The van der Waals surface area contributed by atoms with Crippen LogP contribution in [0, 0.1) is 6.92 Å². The van der Waals surface area contributed by atoms with Crippen molar-refractivity contribution in [3.05, 3.63) is 29.8 Å². The number of piperidine rings is 1. The minimum Gasteiger partial charge on any atom is -0.359 e. The molecule has 0 aliphatic carbocycles. The van der Waals surface area contributed by atoms with Crippen molar-refractivity contribution in [3.8, 4) is 0 Å². The summed E-state index contributed by atoms with van der Waals surface area (Å²) in [5.74, 6) is 0. The maximum Gasteiger partial charge on any atom is 0.243 e. The van der Waals surface area contributed by atoms with Crippen LogP contribution in [0.3, 0.4) is 0 Å². The van der Waals surface area contributed by atoms with Gasteiger partial charge in [-0.15, -0.1) is 0 Å². The van der Waals surface area contributed by atoms with Crippen LogP contribution < -0.4 is 5.32 Å². The lowest BCUT2D eigenvalue weighted by Crippen LogP contribution is -2.52. The highest BCUT2D eigenvalue weighted by Gasteiger charge is 2.41. The summed E-state index contributed by atoms with van der Waals surface area (Å²) in [6.45, 7) is 4.47. The van der Waals surface area contributed by atoms with Crippen molar-refractivity contribution in [1.29, 1.82) is 0 Å². The van der Waals surface area contributed by atoms with Crippen molar-refractivity contribution >= 4 is 10.0 Å². The van der Waals surface area contributed by atoms with Gasteiger partial charge in [0.2, 0.25) is 10.0 Å². The Morgan fingerprint density at radius 2 is 2.05 bits per heavy atom. The van der Waals surface area contributed by atoms with Gasteiger partial charge in [0.05, 0.1) is 11.5 Å². The fourth-order valence-corrected chi connectivity index (χ4v) is 4.46. The third-order valence-electron chi connectivity index (χ3n) is 4.08. The Labute approximate surface area is 120 Å². The predicted octanol–water partition coefficient (Wildman–Crippen LogP) is 1.10. The van der Waals surface area contributed by atoms with E-state index in [-0.39, 0.29) is 5.72 Å². The summed E-state index contributed by atoms with van der Waals surface area (Å²) in [5.41, 5.74) is 0.666. The zero-order valence-electron chi connectivity index (χ0n) is 11.6. The van der Waals surface area contributed by atoms with Crippen LogP contribution in [0.1, 0.15) is 18.4 Å². The Kier molecular flexibility index (Phi) is 3.58. The third-order valence-corrected chi connectivity index (χ3v) is 5.98. The molecular weight excluding hydrogens is 276 g/mol. The van der Waals surface area contributed by atoms with Gasteiger partial charge in [0, 0.05) is 32.5 Å². The Bertz CT molecular complexity index is 584. The first-order valence-corrected chi connectivity index (χ1v) is 8.42. The first kappa shape index (κ1) is 14.0. The van der Waals surface area contributed by atoms with Gasteiger partial charge < -0.3 is 4.74 Å². The second kappa shape index (κ2) is 5.11. The van der Waals surface area contributed by atoms with Crippen LogP contribution in [-0.2, 0) is 14.8 Å². The molecule has 2 aliphatic heterocycles. The smallest absolute Gasteiger partial charge is 0.243 e. The van der Waals surface area contributed by atoms with Crippen molar-refractivity contribution in [2.45, 2.75) is 30.4 Å². The van der Waals surface area contributed by atoms with Crippen LogP contribution in [-0.4, -0.2) is 44.7 Å². The molecular formula is C14H20N2O3S. The van der Waals surface area contributed by atoms with E-state index in [1.807, 2.05) is 13.0 Å². The molecule has 2 aliphatic rings. The molecule has 1 aromatic rings. The van der Waals surface area contributed by atoms with Crippen molar-refractivity contribution < 1.29 is 13.2 Å². The summed E-state index contributed by atoms with van der Waals surface area (Å²) in [7, 11) is -3.38. The van der Waals surface area contributed by atoms with Gasteiger partial charge in [0.1, 0.15) is 5.72 Å². The summed E-state index contributed by atoms with van der Waals surface area (Å²) >= 11 is 0. The molecule has 0 atom stereocenters. The molecule has 20 heavy (non-hydrogen) atoms. The molecule has 110 valence electrons. The number of nitrogens with one attached hydrogen (secondary N) is 1. The molecule has 0 unspecified atom stereocenters. The number of rotatable bonds is 2. The second-order valence-corrected chi connectivity index (χ2v) is 7.43. The average molecular weight is 296 g/mol. The second-order valence-electron chi connectivity index (χ2n) is 5.49. The van der Waals surface area contributed by atoms with Gasteiger partial charge in [-0.1, -0.05) is 12.1 Å². The Morgan fingerprint density at radius 1 is 1.30 bits per heavy atom. The first-order chi connectivity index (χ1) is 9.52. The molecule has 5 nitrogen and oxygen atoms in total. The molecule has 0 amide bonds. The number of sulfonamides is 1. The van der Waals surface area contributed by atoms with Crippen LogP contribution in [0.25, 0.3) is 0 Å². The maximum atomic E-state index is 12.6. The number of nitrogens with zero attached hydrogens (tertiary/aromatic N) is 1. The summed E-state index contributed by atoms with van der Waals surface area (Å²) < 4.78 is 32.5. The molecule has 0 aromatic heterocycles. The molecule has 1 aromatic carbocycles. The zero-order chi connectivity index (χ0) is 14.2. The largest absolute Gasteiger partial charge is 0.359 e. The highest BCUT2D eigenvalue weighted by atomic mass is 32.2. The van der Waals surface area contributed by atoms with Crippen molar-refractivity contribution in [2.75, 3.05) is 26.2 Å². The Balaban J connectivity index is 1.77. The van der Waals surface area contributed by atoms with Crippen molar-refractivity contribution in [1.82, 2.24) is 9.62 Å². The lowest BCUT2D eigenvalue weighted by molar-refractivity contribution is -0.0445. The predicted molar refractivity (Wildman–Crippen MR) is 75.9 cm³/mol. The molecule has 0 saturated carbocycles. The van der Waals surface area contributed by atoms with E-state index >= 15 is 0 Å². The minimum absolute atomic E-state index is 0.293. The normalized spacial score (nSPS) is 23.2. The van der Waals surface area contributed by atoms with Gasteiger partial charge in [0.15, 0.2) is 0 Å². The molecule has 0 radical (unpaired) electrons. The topological polar surface area (TPSA) is 58.6 Å². The van der Waals surface area contributed by atoms with Crippen LogP contribution in [0.5, 0.6) is 0 Å². The molecule has 0 bridgehead atoms. The number of benzene rings is 1. The zero-order valence-corrected chi connectivity index (χ0v) is 12.4. The molecule has 2 fully saturated rings. The summed E-state index contributed by atoms with van der Waals surface area (Å²) in [6, 6.07) is 7.08. The number of aryl methyl sites for hydroxylation is 1.